The van der Waals surface area contributed by atoms with Crippen molar-refractivity contribution in [2.24, 2.45) is 10.9 Å². The lowest BCUT2D eigenvalue weighted by Gasteiger charge is -2.24. The molecular formula is C37H58N2O3. The fraction of sp³-hybridized carbons (Fsp3) is 0.486. The highest BCUT2D eigenvalue weighted by atomic mass is 16.5. The van der Waals surface area contributed by atoms with Crippen molar-refractivity contribution in [1.29, 1.82) is 0 Å². The van der Waals surface area contributed by atoms with Crippen molar-refractivity contribution in [2.75, 3.05) is 18.5 Å². The molecule has 0 spiro atoms. The van der Waals surface area contributed by atoms with Gasteiger partial charge in [0.2, 0.25) is 0 Å². The van der Waals surface area contributed by atoms with Crippen LogP contribution in [-0.2, 0) is 9.53 Å². The summed E-state index contributed by atoms with van der Waals surface area (Å²) in [6.07, 6.45) is 16.9. The minimum Gasteiger partial charge on any atom is -0.381 e. The number of ketones is 2. The number of rotatable bonds is 14. The van der Waals surface area contributed by atoms with Crippen LogP contribution >= 0.6 is 0 Å². The monoisotopic (exact) mass is 578 g/mol. The summed E-state index contributed by atoms with van der Waals surface area (Å²) in [7, 11) is 0. The van der Waals surface area contributed by atoms with Crippen molar-refractivity contribution in [2.45, 2.75) is 100 Å². The SMILES string of the molecule is C=C(C)\C=C/C(=C/C)C(/C)=N\C(=C)Nc1cccc(C(C)=O)c1.C=CC(C)=O.CCCC1CCC1.CCCOCCC. The second-order valence-corrected chi connectivity index (χ2v) is 10.3. The largest absolute Gasteiger partial charge is 0.381 e. The Labute approximate surface area is 257 Å². The molecule has 1 aromatic carbocycles. The van der Waals surface area contributed by atoms with Crippen LogP contribution in [-0.4, -0.2) is 30.5 Å². The Morgan fingerprint density at radius 3 is 1.98 bits per heavy atom. The molecule has 0 amide bonds. The van der Waals surface area contributed by atoms with Crippen molar-refractivity contribution in [3.63, 3.8) is 0 Å². The lowest BCUT2D eigenvalue weighted by molar-refractivity contribution is -0.112. The number of ether oxygens (including phenoxy) is 1. The summed E-state index contributed by atoms with van der Waals surface area (Å²) in [6.45, 7) is 28.2. The van der Waals surface area contributed by atoms with Gasteiger partial charge in [-0.3, -0.25) is 9.59 Å². The number of hydrogen-bond acceptors (Lipinski definition) is 5. The van der Waals surface area contributed by atoms with Gasteiger partial charge in [-0.25, -0.2) is 4.99 Å². The fourth-order valence-electron chi connectivity index (χ4n) is 3.52. The Balaban J connectivity index is 0. The van der Waals surface area contributed by atoms with Crippen LogP contribution in [0, 0.1) is 5.92 Å². The molecule has 0 radical (unpaired) electrons. The molecule has 5 heteroatoms. The van der Waals surface area contributed by atoms with Crippen LogP contribution < -0.4 is 5.32 Å². The third-order valence-corrected chi connectivity index (χ3v) is 6.04. The molecule has 1 aliphatic rings. The van der Waals surface area contributed by atoms with Gasteiger partial charge in [-0.05, 0) is 77.2 Å². The number of anilines is 1. The van der Waals surface area contributed by atoms with E-state index in [9.17, 15) is 9.59 Å². The van der Waals surface area contributed by atoms with Crippen molar-refractivity contribution in [1.82, 2.24) is 0 Å². The maximum atomic E-state index is 11.4. The first-order chi connectivity index (χ1) is 19.9. The van der Waals surface area contributed by atoms with E-state index in [1.165, 1.54) is 45.1 Å². The van der Waals surface area contributed by atoms with E-state index in [4.69, 9.17) is 4.74 Å². The minimum atomic E-state index is 0.0185. The van der Waals surface area contributed by atoms with Gasteiger partial charge in [0.25, 0.3) is 0 Å². The molecule has 234 valence electrons. The number of benzene rings is 1. The molecule has 42 heavy (non-hydrogen) atoms. The molecule has 0 aromatic heterocycles. The quantitative estimate of drug-likeness (QED) is 0.0784. The summed E-state index contributed by atoms with van der Waals surface area (Å²) >= 11 is 0. The van der Waals surface area contributed by atoms with E-state index in [1.54, 1.807) is 19.1 Å². The van der Waals surface area contributed by atoms with E-state index in [2.05, 4.69) is 50.8 Å². The third kappa shape index (κ3) is 23.4. The molecule has 1 aliphatic carbocycles. The highest BCUT2D eigenvalue weighted by molar-refractivity contribution is 6.01. The van der Waals surface area contributed by atoms with Gasteiger partial charge in [-0.2, -0.15) is 0 Å². The highest BCUT2D eigenvalue weighted by Crippen LogP contribution is 2.29. The Kier molecular flexibility index (Phi) is 25.8. The Morgan fingerprint density at radius 1 is 1.00 bits per heavy atom. The first kappa shape index (κ1) is 40.8. The van der Waals surface area contributed by atoms with Gasteiger partial charge in [-0.15, -0.1) is 0 Å². The van der Waals surface area contributed by atoms with Crippen LogP contribution in [0.25, 0.3) is 0 Å². The lowest BCUT2D eigenvalue weighted by Crippen LogP contribution is -2.09. The fourth-order valence-corrected chi connectivity index (χ4v) is 3.52. The van der Waals surface area contributed by atoms with Gasteiger partial charge in [0.05, 0.1) is 0 Å². The Hall–Kier alpha value is -3.31. The predicted molar refractivity (Wildman–Crippen MR) is 185 cm³/mol. The number of nitrogens with one attached hydrogen (secondary N) is 1. The molecule has 0 saturated heterocycles. The standard InChI is InChI=1S/C20H24N2O.C7H14.C6H14O.C4H6O/c1-7-18(12-11-14(2)3)15(4)21-17(6)22-20-10-8-9-19(13-20)16(5)23;1-2-4-7-5-3-6-7;1-3-5-7-6-4-2;1-3-4(2)5/h7-13,22H,2,6H2,1,3-5H3;7H,2-6H2,1H3;3-6H2,1-2H3;3H,1H2,2H3/b12-11-,18-7-,21-15-;;;. The zero-order valence-electron chi connectivity index (χ0n) is 27.9. The van der Waals surface area contributed by atoms with Crippen LogP contribution in [0.1, 0.15) is 111 Å². The molecule has 1 fully saturated rings. The van der Waals surface area contributed by atoms with Gasteiger partial charge in [0.1, 0.15) is 5.82 Å². The minimum absolute atomic E-state index is 0.0185. The molecule has 0 unspecified atom stereocenters. The molecule has 1 saturated carbocycles. The number of nitrogens with zero attached hydrogens (tertiary/aromatic N) is 1. The van der Waals surface area contributed by atoms with Gasteiger partial charge >= 0.3 is 0 Å². The van der Waals surface area contributed by atoms with E-state index < -0.39 is 0 Å². The van der Waals surface area contributed by atoms with Crippen molar-refractivity contribution >= 4 is 23.0 Å². The van der Waals surface area contributed by atoms with E-state index in [1.807, 2.05) is 51.1 Å². The Bertz CT molecular complexity index is 1040. The number of hydrogen-bond donors (Lipinski definition) is 1. The highest BCUT2D eigenvalue weighted by Gasteiger charge is 2.14. The van der Waals surface area contributed by atoms with Crippen LogP contribution in [0.3, 0.4) is 0 Å². The first-order valence-corrected chi connectivity index (χ1v) is 15.3. The van der Waals surface area contributed by atoms with E-state index in [0.29, 0.717) is 11.4 Å². The zero-order valence-corrected chi connectivity index (χ0v) is 27.9. The number of carbonyl (C=O) groups excluding carboxylic acids is 2. The smallest absolute Gasteiger partial charge is 0.159 e. The van der Waals surface area contributed by atoms with Gasteiger partial charge in [0, 0.05) is 30.2 Å². The van der Waals surface area contributed by atoms with Crippen LogP contribution in [0.4, 0.5) is 5.69 Å². The average Bonchev–Trinajstić information content (AvgIpc) is 2.92. The molecule has 1 N–H and O–H groups in total. The van der Waals surface area contributed by atoms with Gasteiger partial charge in [-0.1, -0.05) is 109 Å². The summed E-state index contributed by atoms with van der Waals surface area (Å²) in [4.78, 5) is 25.6. The van der Waals surface area contributed by atoms with Crippen molar-refractivity contribution in [3.8, 4) is 0 Å². The van der Waals surface area contributed by atoms with Gasteiger partial charge in [0.15, 0.2) is 11.6 Å². The number of carbonyl (C=O) groups is 2. The molecule has 0 atom stereocenters. The summed E-state index contributed by atoms with van der Waals surface area (Å²) in [6, 6.07) is 7.27. The summed E-state index contributed by atoms with van der Waals surface area (Å²) in [5.41, 5.74) is 4.29. The van der Waals surface area contributed by atoms with Gasteiger partial charge < -0.3 is 10.1 Å². The van der Waals surface area contributed by atoms with E-state index in [0.717, 1.165) is 54.5 Å². The third-order valence-electron chi connectivity index (χ3n) is 6.04. The van der Waals surface area contributed by atoms with Crippen LogP contribution in [0.5, 0.6) is 0 Å². The average molecular weight is 579 g/mol. The molecule has 1 aromatic rings. The van der Waals surface area contributed by atoms with E-state index in [-0.39, 0.29) is 11.6 Å². The van der Waals surface area contributed by atoms with Crippen LogP contribution in [0.2, 0.25) is 0 Å². The topological polar surface area (TPSA) is 67.8 Å². The number of allylic oxidation sites excluding steroid dienone is 6. The molecule has 2 rings (SSSR count). The summed E-state index contributed by atoms with van der Waals surface area (Å²) in [5, 5.41) is 3.11. The molecule has 5 nitrogen and oxygen atoms in total. The Morgan fingerprint density at radius 2 is 1.60 bits per heavy atom. The maximum Gasteiger partial charge on any atom is 0.159 e. The summed E-state index contributed by atoms with van der Waals surface area (Å²) < 4.78 is 5.13. The normalized spacial score (nSPS) is 12.8. The zero-order chi connectivity index (χ0) is 32.3. The lowest BCUT2D eigenvalue weighted by atomic mass is 9.82. The second-order valence-electron chi connectivity index (χ2n) is 10.3. The van der Waals surface area contributed by atoms with Crippen molar-refractivity contribution < 1.29 is 14.3 Å². The van der Waals surface area contributed by atoms with E-state index >= 15 is 0 Å². The predicted octanol–water partition coefficient (Wildman–Crippen LogP) is 10.5. The maximum absolute atomic E-state index is 11.4. The first-order valence-electron chi connectivity index (χ1n) is 15.3. The molecule has 0 aliphatic heterocycles. The second kappa shape index (κ2) is 26.6. The number of Topliss-reactive ketones (excluding diaryl/α,β-unsaturated/α-hetero) is 1. The molecule has 0 heterocycles. The van der Waals surface area contributed by atoms with Crippen LogP contribution in [0.15, 0.2) is 90.3 Å². The summed E-state index contributed by atoms with van der Waals surface area (Å²) in [5.74, 6) is 1.70. The molecule has 0 bridgehead atoms. The number of aliphatic imine (C=N–C) groups is 1. The van der Waals surface area contributed by atoms with Crippen molar-refractivity contribution in [3.05, 3.63) is 90.8 Å². The molecular weight excluding hydrogens is 520 g/mol.